The molecule has 1 atom stereocenters. The topological polar surface area (TPSA) is 43.4 Å². The SMILES string of the molecule is O=S1(=O)CCCCC1CCOC=C1CCCC1. The van der Waals surface area contributed by atoms with Gasteiger partial charge in [-0.15, -0.1) is 0 Å². The maximum atomic E-state index is 11.8. The summed E-state index contributed by atoms with van der Waals surface area (Å²) in [5.74, 6) is 0.374. The summed E-state index contributed by atoms with van der Waals surface area (Å²) in [6.45, 7) is 0.549. The van der Waals surface area contributed by atoms with Gasteiger partial charge in [0, 0.05) is 0 Å². The lowest BCUT2D eigenvalue weighted by molar-refractivity contribution is 0.237. The van der Waals surface area contributed by atoms with Crippen LogP contribution >= 0.6 is 0 Å². The van der Waals surface area contributed by atoms with Crippen LogP contribution in [0.2, 0.25) is 0 Å². The van der Waals surface area contributed by atoms with Crippen LogP contribution in [0.3, 0.4) is 0 Å². The minimum atomic E-state index is -2.82. The van der Waals surface area contributed by atoms with Crippen LogP contribution in [0.25, 0.3) is 0 Å². The van der Waals surface area contributed by atoms with Crippen molar-refractivity contribution in [1.82, 2.24) is 0 Å². The molecule has 2 fully saturated rings. The van der Waals surface area contributed by atoms with Crippen LogP contribution in [0.5, 0.6) is 0 Å². The van der Waals surface area contributed by atoms with Crippen molar-refractivity contribution in [3.05, 3.63) is 11.8 Å². The predicted molar refractivity (Wildman–Crippen MR) is 68.5 cm³/mol. The average Bonchev–Trinajstić information content (AvgIpc) is 2.79. The zero-order chi connectivity index (χ0) is 12.1. The van der Waals surface area contributed by atoms with Crippen molar-refractivity contribution in [2.45, 2.75) is 56.6 Å². The van der Waals surface area contributed by atoms with Gasteiger partial charge in [0.1, 0.15) is 0 Å². The van der Waals surface area contributed by atoms with Crippen molar-refractivity contribution in [2.24, 2.45) is 0 Å². The molecule has 0 aromatic rings. The summed E-state index contributed by atoms with van der Waals surface area (Å²) in [5, 5.41) is -0.154. The molecule has 0 aromatic heterocycles. The second kappa shape index (κ2) is 5.89. The fourth-order valence-electron chi connectivity index (χ4n) is 2.67. The van der Waals surface area contributed by atoms with Crippen LogP contribution in [0.4, 0.5) is 0 Å². The van der Waals surface area contributed by atoms with E-state index in [9.17, 15) is 8.42 Å². The summed E-state index contributed by atoms with van der Waals surface area (Å²) in [5.41, 5.74) is 1.39. The molecule has 0 N–H and O–H groups in total. The van der Waals surface area contributed by atoms with E-state index in [1.807, 2.05) is 6.26 Å². The molecule has 0 radical (unpaired) electrons. The molecule has 0 bridgehead atoms. The Bertz CT molecular complexity index is 362. The quantitative estimate of drug-likeness (QED) is 0.575. The first kappa shape index (κ1) is 12.9. The normalized spacial score (nSPS) is 28.0. The summed E-state index contributed by atoms with van der Waals surface area (Å²) < 4.78 is 29.0. The van der Waals surface area contributed by atoms with Crippen LogP contribution in [-0.4, -0.2) is 26.0 Å². The van der Waals surface area contributed by atoms with Gasteiger partial charge >= 0.3 is 0 Å². The molecular weight excluding hydrogens is 236 g/mol. The fraction of sp³-hybridized carbons (Fsp3) is 0.846. The Kier molecular flexibility index (Phi) is 4.48. The van der Waals surface area contributed by atoms with Gasteiger partial charge in [-0.05, 0) is 50.5 Å². The molecular formula is C13H22O3S. The molecule has 1 aliphatic heterocycles. The largest absolute Gasteiger partial charge is 0.501 e. The first-order valence-corrected chi connectivity index (χ1v) is 8.41. The molecule has 17 heavy (non-hydrogen) atoms. The van der Waals surface area contributed by atoms with E-state index in [0.717, 1.165) is 32.1 Å². The van der Waals surface area contributed by atoms with Crippen molar-refractivity contribution < 1.29 is 13.2 Å². The highest BCUT2D eigenvalue weighted by molar-refractivity contribution is 7.92. The Labute approximate surface area is 104 Å². The van der Waals surface area contributed by atoms with Crippen molar-refractivity contribution in [3.63, 3.8) is 0 Å². The third-order valence-corrected chi connectivity index (χ3v) is 6.11. The summed E-state index contributed by atoms with van der Waals surface area (Å²) >= 11 is 0. The maximum Gasteiger partial charge on any atom is 0.153 e. The van der Waals surface area contributed by atoms with Gasteiger partial charge in [0.05, 0.1) is 23.9 Å². The third kappa shape index (κ3) is 3.73. The van der Waals surface area contributed by atoms with E-state index < -0.39 is 9.84 Å². The van der Waals surface area contributed by atoms with Crippen LogP contribution in [0.15, 0.2) is 11.8 Å². The highest BCUT2D eigenvalue weighted by Gasteiger charge is 2.28. The number of allylic oxidation sites excluding steroid dienone is 1. The molecule has 4 heteroatoms. The van der Waals surface area contributed by atoms with Crippen molar-refractivity contribution in [3.8, 4) is 0 Å². The molecule has 98 valence electrons. The molecule has 1 saturated heterocycles. The molecule has 2 aliphatic rings. The van der Waals surface area contributed by atoms with Gasteiger partial charge < -0.3 is 4.74 Å². The smallest absolute Gasteiger partial charge is 0.153 e. The third-order valence-electron chi connectivity index (χ3n) is 3.77. The highest BCUT2D eigenvalue weighted by Crippen LogP contribution is 2.24. The molecule has 1 aliphatic carbocycles. The lowest BCUT2D eigenvalue weighted by Gasteiger charge is -2.21. The van der Waals surface area contributed by atoms with Crippen LogP contribution in [-0.2, 0) is 14.6 Å². The average molecular weight is 258 g/mol. The van der Waals surface area contributed by atoms with E-state index in [2.05, 4.69) is 0 Å². The number of hydrogen-bond acceptors (Lipinski definition) is 3. The van der Waals surface area contributed by atoms with Crippen LogP contribution < -0.4 is 0 Å². The standard InChI is InChI=1S/C13H22O3S/c14-17(15)10-4-3-7-13(17)8-9-16-11-12-5-1-2-6-12/h11,13H,1-10H2. The van der Waals surface area contributed by atoms with E-state index in [0.29, 0.717) is 18.8 Å². The fourth-order valence-corrected chi connectivity index (χ4v) is 4.59. The maximum absolute atomic E-state index is 11.8. The van der Waals surface area contributed by atoms with E-state index in [1.54, 1.807) is 0 Å². The molecule has 3 nitrogen and oxygen atoms in total. The van der Waals surface area contributed by atoms with E-state index in [1.165, 1.54) is 18.4 Å². The molecule has 0 amide bonds. The monoisotopic (exact) mass is 258 g/mol. The Morgan fingerprint density at radius 3 is 2.65 bits per heavy atom. The summed E-state index contributed by atoms with van der Waals surface area (Å²) in [6.07, 6.45) is 10.1. The minimum absolute atomic E-state index is 0.154. The molecule has 1 saturated carbocycles. The van der Waals surface area contributed by atoms with Gasteiger partial charge in [0.15, 0.2) is 9.84 Å². The van der Waals surface area contributed by atoms with Gasteiger partial charge in [-0.3, -0.25) is 0 Å². The summed E-state index contributed by atoms with van der Waals surface area (Å²) in [7, 11) is -2.82. The number of hydrogen-bond donors (Lipinski definition) is 0. The predicted octanol–water partition coefficient (Wildman–Crippen LogP) is 2.82. The van der Waals surface area contributed by atoms with Crippen molar-refractivity contribution in [1.29, 1.82) is 0 Å². The molecule has 2 rings (SSSR count). The lowest BCUT2D eigenvalue weighted by atomic mass is 10.1. The zero-order valence-corrected chi connectivity index (χ0v) is 11.2. The highest BCUT2D eigenvalue weighted by atomic mass is 32.2. The van der Waals surface area contributed by atoms with Crippen LogP contribution in [0, 0.1) is 0 Å². The summed E-state index contributed by atoms with van der Waals surface area (Å²) in [6, 6.07) is 0. The minimum Gasteiger partial charge on any atom is -0.501 e. The molecule has 0 spiro atoms. The Balaban J connectivity index is 1.72. The molecule has 1 unspecified atom stereocenters. The van der Waals surface area contributed by atoms with Crippen LogP contribution in [0.1, 0.15) is 51.4 Å². The first-order chi connectivity index (χ1) is 8.18. The van der Waals surface area contributed by atoms with E-state index >= 15 is 0 Å². The number of sulfone groups is 1. The van der Waals surface area contributed by atoms with Gasteiger partial charge in [-0.2, -0.15) is 0 Å². The Morgan fingerprint density at radius 1 is 1.18 bits per heavy atom. The first-order valence-electron chi connectivity index (χ1n) is 6.69. The molecule has 0 aromatic carbocycles. The second-order valence-corrected chi connectivity index (χ2v) is 7.53. The van der Waals surface area contributed by atoms with Gasteiger partial charge in [0.25, 0.3) is 0 Å². The van der Waals surface area contributed by atoms with E-state index in [-0.39, 0.29) is 5.25 Å². The number of rotatable bonds is 4. The van der Waals surface area contributed by atoms with Crippen molar-refractivity contribution in [2.75, 3.05) is 12.4 Å². The Hall–Kier alpha value is -0.510. The summed E-state index contributed by atoms with van der Waals surface area (Å²) in [4.78, 5) is 0. The molecule has 1 heterocycles. The van der Waals surface area contributed by atoms with Gasteiger partial charge in [-0.25, -0.2) is 8.42 Å². The van der Waals surface area contributed by atoms with Crippen molar-refractivity contribution >= 4 is 9.84 Å². The Morgan fingerprint density at radius 2 is 1.94 bits per heavy atom. The van der Waals surface area contributed by atoms with Gasteiger partial charge in [0.2, 0.25) is 0 Å². The van der Waals surface area contributed by atoms with E-state index in [4.69, 9.17) is 4.74 Å². The lowest BCUT2D eigenvalue weighted by Crippen LogP contribution is -2.29. The second-order valence-electron chi connectivity index (χ2n) is 5.13. The zero-order valence-electron chi connectivity index (χ0n) is 10.4. The number of ether oxygens (including phenoxy) is 1. The van der Waals surface area contributed by atoms with Gasteiger partial charge in [-0.1, -0.05) is 6.42 Å².